The zero-order valence-electron chi connectivity index (χ0n) is 23.0. The molecule has 0 radical (unpaired) electrons. The number of rotatable bonds is 10. The van der Waals surface area contributed by atoms with Gasteiger partial charge in [-0.3, -0.25) is 19.2 Å². The van der Waals surface area contributed by atoms with Crippen molar-refractivity contribution < 1.29 is 23.9 Å². The van der Waals surface area contributed by atoms with Crippen LogP contribution in [0.1, 0.15) is 52.2 Å². The van der Waals surface area contributed by atoms with Crippen molar-refractivity contribution in [1.29, 1.82) is 0 Å². The van der Waals surface area contributed by atoms with E-state index in [9.17, 15) is 19.2 Å². The fourth-order valence-electron chi connectivity index (χ4n) is 4.18. The van der Waals surface area contributed by atoms with Gasteiger partial charge in [-0.1, -0.05) is 29.8 Å². The van der Waals surface area contributed by atoms with E-state index in [0.29, 0.717) is 25.9 Å². The molecule has 1 heterocycles. The number of likely N-dealkylation sites (tertiary alicyclic amines) is 1. The number of likely N-dealkylation sites (N-methyl/N-ethyl adjacent to an activating group) is 3. The number of nitrogens with one attached hydrogen (secondary N) is 1. The number of nitrogens with zero attached hydrogens (tertiary/aromatic N) is 3. The van der Waals surface area contributed by atoms with E-state index in [2.05, 4.69) is 5.32 Å². The number of aryl methyl sites for hydroxylation is 1. The molecule has 200 valence electrons. The summed E-state index contributed by atoms with van der Waals surface area (Å²) >= 11 is 0. The lowest BCUT2D eigenvalue weighted by Crippen LogP contribution is -2.64. The molecule has 3 amide bonds. The molecule has 36 heavy (non-hydrogen) atoms. The second-order valence-electron chi connectivity index (χ2n) is 10.5. The van der Waals surface area contributed by atoms with Gasteiger partial charge in [0.15, 0.2) is 0 Å². The molecule has 0 spiro atoms. The summed E-state index contributed by atoms with van der Waals surface area (Å²) in [4.78, 5) is 56.9. The van der Waals surface area contributed by atoms with Crippen LogP contribution in [0.3, 0.4) is 0 Å². The maximum absolute atomic E-state index is 13.7. The Kier molecular flexibility index (Phi) is 10.0. The van der Waals surface area contributed by atoms with Crippen molar-refractivity contribution in [3.63, 3.8) is 0 Å². The highest BCUT2D eigenvalue weighted by molar-refractivity contribution is 5.95. The molecule has 1 fully saturated rings. The first-order chi connectivity index (χ1) is 16.8. The van der Waals surface area contributed by atoms with E-state index >= 15 is 0 Å². The average Bonchev–Trinajstić information content (AvgIpc) is 2.76. The van der Waals surface area contributed by atoms with Gasteiger partial charge in [0.1, 0.15) is 24.2 Å². The third-order valence-corrected chi connectivity index (χ3v) is 6.39. The van der Waals surface area contributed by atoms with Crippen LogP contribution in [-0.4, -0.2) is 95.8 Å². The van der Waals surface area contributed by atoms with Gasteiger partial charge in [0.05, 0.1) is 6.04 Å². The summed E-state index contributed by atoms with van der Waals surface area (Å²) in [7, 11) is 3.24. The molecule has 1 aliphatic rings. The van der Waals surface area contributed by atoms with Crippen molar-refractivity contribution in [3.8, 4) is 0 Å². The second-order valence-corrected chi connectivity index (χ2v) is 10.5. The maximum Gasteiger partial charge on any atom is 0.326 e. The summed E-state index contributed by atoms with van der Waals surface area (Å²) in [5, 5.41) is 2.92. The van der Waals surface area contributed by atoms with Crippen LogP contribution < -0.4 is 5.32 Å². The number of carbonyl (C=O) groups excluding carboxylic acids is 4. The Morgan fingerprint density at radius 1 is 1.17 bits per heavy atom. The molecule has 3 atom stereocenters. The Hall–Kier alpha value is -2.94. The molecule has 1 aromatic rings. The van der Waals surface area contributed by atoms with E-state index < -0.39 is 29.7 Å². The number of hydrogen-bond acceptors (Lipinski definition) is 6. The molecule has 0 aliphatic carbocycles. The first-order valence-electron chi connectivity index (χ1n) is 12.6. The highest BCUT2D eigenvalue weighted by atomic mass is 16.6. The van der Waals surface area contributed by atoms with Crippen molar-refractivity contribution in [2.24, 2.45) is 0 Å². The monoisotopic (exact) mass is 502 g/mol. The summed E-state index contributed by atoms with van der Waals surface area (Å²) in [6, 6.07) is 5.98. The Morgan fingerprint density at radius 3 is 2.25 bits per heavy atom. The van der Waals surface area contributed by atoms with Crippen LogP contribution in [0.4, 0.5) is 0 Å². The lowest BCUT2D eigenvalue weighted by Gasteiger charge is -2.44. The van der Waals surface area contributed by atoms with Gasteiger partial charge >= 0.3 is 5.97 Å². The third-order valence-electron chi connectivity index (χ3n) is 6.39. The van der Waals surface area contributed by atoms with Gasteiger partial charge in [-0.05, 0) is 60.6 Å². The van der Waals surface area contributed by atoms with Gasteiger partial charge in [-0.15, -0.1) is 0 Å². The number of hydrogen-bond donors (Lipinski definition) is 1. The van der Waals surface area contributed by atoms with Gasteiger partial charge in [0.25, 0.3) is 0 Å². The smallest absolute Gasteiger partial charge is 0.326 e. The Labute approximate surface area is 215 Å². The minimum atomic E-state index is -0.822. The molecule has 1 N–H and O–H groups in total. The highest BCUT2D eigenvalue weighted by Crippen LogP contribution is 2.23. The SMILES string of the molecule is CCN(C(=O)[C@@H]1CCN1C(=O)[C@H](C)NC)[C@@H](Cc1ccc(C)cc1)C(=O)N(C)CC(=O)OC(C)(C)C. The van der Waals surface area contributed by atoms with Crippen LogP contribution >= 0.6 is 0 Å². The summed E-state index contributed by atoms with van der Waals surface area (Å²) in [5.74, 6) is -1.26. The minimum Gasteiger partial charge on any atom is -0.459 e. The van der Waals surface area contributed by atoms with Crippen LogP contribution in [0, 0.1) is 6.92 Å². The molecular formula is C27H42N4O5. The van der Waals surface area contributed by atoms with Gasteiger partial charge < -0.3 is 24.8 Å². The molecule has 0 aromatic heterocycles. The highest BCUT2D eigenvalue weighted by Gasteiger charge is 2.43. The van der Waals surface area contributed by atoms with E-state index in [4.69, 9.17) is 4.74 Å². The number of esters is 1. The van der Waals surface area contributed by atoms with Crippen LogP contribution in [0.25, 0.3) is 0 Å². The summed E-state index contributed by atoms with van der Waals surface area (Å²) < 4.78 is 5.38. The fourth-order valence-corrected chi connectivity index (χ4v) is 4.18. The number of amides is 3. The van der Waals surface area contributed by atoms with E-state index in [0.717, 1.165) is 11.1 Å². The summed E-state index contributed by atoms with van der Waals surface area (Å²) in [6.07, 6.45) is 0.849. The fraction of sp³-hybridized carbons (Fsp3) is 0.630. The lowest BCUT2D eigenvalue weighted by molar-refractivity contribution is -0.161. The average molecular weight is 503 g/mol. The van der Waals surface area contributed by atoms with Gasteiger partial charge in [0, 0.05) is 26.6 Å². The van der Waals surface area contributed by atoms with E-state index in [1.807, 2.05) is 38.1 Å². The van der Waals surface area contributed by atoms with Crippen molar-refractivity contribution in [2.75, 3.05) is 33.7 Å². The Balaban J connectivity index is 2.30. The van der Waals surface area contributed by atoms with Crippen molar-refractivity contribution in [3.05, 3.63) is 35.4 Å². The lowest BCUT2D eigenvalue weighted by atomic mass is 9.97. The van der Waals surface area contributed by atoms with Crippen LogP contribution in [0.5, 0.6) is 0 Å². The zero-order valence-corrected chi connectivity index (χ0v) is 23.0. The predicted molar refractivity (Wildman–Crippen MR) is 138 cm³/mol. The molecule has 1 aromatic carbocycles. The van der Waals surface area contributed by atoms with Gasteiger partial charge in [0.2, 0.25) is 17.7 Å². The Morgan fingerprint density at radius 2 is 1.78 bits per heavy atom. The van der Waals surface area contributed by atoms with E-state index in [-0.39, 0.29) is 24.3 Å². The zero-order chi connectivity index (χ0) is 27.2. The summed E-state index contributed by atoms with van der Waals surface area (Å²) in [6.45, 7) is 11.4. The molecule has 9 nitrogen and oxygen atoms in total. The second kappa shape index (κ2) is 12.3. The molecule has 2 rings (SSSR count). The minimum absolute atomic E-state index is 0.137. The van der Waals surface area contributed by atoms with Crippen molar-refractivity contribution >= 4 is 23.7 Å². The maximum atomic E-state index is 13.7. The van der Waals surface area contributed by atoms with Crippen LogP contribution in [0.15, 0.2) is 24.3 Å². The molecular weight excluding hydrogens is 460 g/mol. The first kappa shape index (κ1) is 29.3. The third kappa shape index (κ3) is 7.53. The van der Waals surface area contributed by atoms with Crippen molar-refractivity contribution in [1.82, 2.24) is 20.0 Å². The van der Waals surface area contributed by atoms with E-state index in [1.54, 1.807) is 51.6 Å². The Bertz CT molecular complexity index is 940. The quantitative estimate of drug-likeness (QED) is 0.490. The number of benzene rings is 1. The topological polar surface area (TPSA) is 99.3 Å². The van der Waals surface area contributed by atoms with Crippen LogP contribution in [-0.2, 0) is 30.3 Å². The van der Waals surface area contributed by atoms with E-state index in [1.165, 1.54) is 4.90 Å². The number of carbonyl (C=O) groups is 4. The van der Waals surface area contributed by atoms with Gasteiger partial charge in [-0.2, -0.15) is 0 Å². The molecule has 0 bridgehead atoms. The van der Waals surface area contributed by atoms with Gasteiger partial charge in [-0.25, -0.2) is 0 Å². The first-order valence-corrected chi connectivity index (χ1v) is 12.6. The standard InChI is InChI=1S/C27H42N4O5/c1-9-30(26(35)21-14-15-31(21)24(33)19(3)28-7)22(16-20-12-10-18(2)11-13-20)25(34)29(8)17-23(32)36-27(4,5)6/h10-13,19,21-22,28H,9,14-17H2,1-8H3/t19-,21-,22-/m0/s1. The predicted octanol–water partition coefficient (Wildman–Crippen LogP) is 1.76. The van der Waals surface area contributed by atoms with Crippen molar-refractivity contribution in [2.45, 2.75) is 78.1 Å². The van der Waals surface area contributed by atoms with Crippen LogP contribution in [0.2, 0.25) is 0 Å². The molecule has 9 heteroatoms. The largest absolute Gasteiger partial charge is 0.459 e. The normalized spacial score (nSPS) is 17.0. The molecule has 1 saturated heterocycles. The number of ether oxygens (including phenoxy) is 1. The molecule has 1 aliphatic heterocycles. The summed E-state index contributed by atoms with van der Waals surface area (Å²) in [5.41, 5.74) is 1.33. The molecule has 0 unspecified atom stereocenters. The molecule has 0 saturated carbocycles.